The lowest BCUT2D eigenvalue weighted by molar-refractivity contribution is -0.0504. The fourth-order valence-electron chi connectivity index (χ4n) is 1.62. The zero-order valence-corrected chi connectivity index (χ0v) is 13.8. The third-order valence-corrected chi connectivity index (χ3v) is 3.79. The van der Waals surface area contributed by atoms with Crippen LogP contribution in [-0.2, 0) is 14.3 Å². The van der Waals surface area contributed by atoms with Gasteiger partial charge in [0.15, 0.2) is 0 Å². The molecule has 0 aliphatic heterocycles. The molecule has 0 amide bonds. The van der Waals surface area contributed by atoms with Gasteiger partial charge in [0.25, 0.3) is 0 Å². The molecule has 0 heterocycles. The number of benzene rings is 1. The van der Waals surface area contributed by atoms with Crippen molar-refractivity contribution in [2.24, 2.45) is 4.99 Å². The van der Waals surface area contributed by atoms with Crippen LogP contribution in [0, 0.1) is 0 Å². The van der Waals surface area contributed by atoms with Crippen LogP contribution >= 0.6 is 0 Å². The van der Waals surface area contributed by atoms with Gasteiger partial charge in [-0.05, 0) is 31.4 Å². The first-order valence-electron chi connectivity index (χ1n) is 7.08. The van der Waals surface area contributed by atoms with Crippen LogP contribution in [0.5, 0.6) is 0 Å². The standard InChI is InChI=1S/C16H18F3NO3S/c1-3-4-8-13(2)20-15(23-24(21,22)16(17,18)19)12-11-14-9-6-5-7-10-14/h3,5-7,9-13H,1,4,8H2,2H3/b12-11+,20-15?. The highest BCUT2D eigenvalue weighted by Gasteiger charge is 2.49. The topological polar surface area (TPSA) is 55.7 Å². The summed E-state index contributed by atoms with van der Waals surface area (Å²) in [6.07, 6.45) is 5.25. The molecule has 8 heteroatoms. The van der Waals surface area contributed by atoms with Crippen molar-refractivity contribution < 1.29 is 25.8 Å². The highest BCUT2D eigenvalue weighted by atomic mass is 32.2. The Labute approximate surface area is 139 Å². The van der Waals surface area contributed by atoms with Crippen molar-refractivity contribution in [2.45, 2.75) is 31.3 Å². The molecule has 0 fully saturated rings. The zero-order valence-electron chi connectivity index (χ0n) is 13.0. The SMILES string of the molecule is C=CCCC(C)N=C(/C=C/c1ccccc1)OS(=O)(=O)C(F)(F)F. The Bertz CT molecular complexity index is 695. The minimum Gasteiger partial charge on any atom is -0.356 e. The van der Waals surface area contributed by atoms with Crippen LogP contribution in [0.2, 0.25) is 0 Å². The molecule has 0 bridgehead atoms. The highest BCUT2D eigenvalue weighted by molar-refractivity contribution is 7.88. The quantitative estimate of drug-likeness (QED) is 0.239. The van der Waals surface area contributed by atoms with E-state index in [9.17, 15) is 21.6 Å². The van der Waals surface area contributed by atoms with E-state index in [1.54, 1.807) is 43.3 Å². The number of rotatable bonds is 7. The predicted molar refractivity (Wildman–Crippen MR) is 87.9 cm³/mol. The van der Waals surface area contributed by atoms with E-state index in [4.69, 9.17) is 0 Å². The lowest BCUT2D eigenvalue weighted by Gasteiger charge is -2.11. The molecule has 1 rings (SSSR count). The summed E-state index contributed by atoms with van der Waals surface area (Å²) in [6, 6.07) is 8.21. The normalized spacial score (nSPS) is 14.6. The molecule has 1 aromatic rings. The van der Waals surface area contributed by atoms with E-state index in [1.807, 2.05) is 0 Å². The van der Waals surface area contributed by atoms with E-state index in [-0.39, 0.29) is 0 Å². The molecule has 0 spiro atoms. The van der Waals surface area contributed by atoms with Gasteiger partial charge in [-0.15, -0.1) is 6.58 Å². The highest BCUT2D eigenvalue weighted by Crippen LogP contribution is 2.25. The Balaban J connectivity index is 3.05. The summed E-state index contributed by atoms with van der Waals surface area (Å²) in [6.45, 7) is 5.18. The largest absolute Gasteiger partial charge is 0.534 e. The van der Waals surface area contributed by atoms with Crippen LogP contribution in [-0.4, -0.2) is 25.9 Å². The van der Waals surface area contributed by atoms with Gasteiger partial charge in [-0.1, -0.05) is 36.4 Å². The number of nitrogens with zero attached hydrogens (tertiary/aromatic N) is 1. The first kappa shape index (κ1) is 20.0. The van der Waals surface area contributed by atoms with Gasteiger partial charge in [-0.25, -0.2) is 4.99 Å². The van der Waals surface area contributed by atoms with Crippen molar-refractivity contribution in [2.75, 3.05) is 0 Å². The molecule has 0 aliphatic rings. The Morgan fingerprint density at radius 1 is 1.33 bits per heavy atom. The molecule has 0 saturated carbocycles. The maximum atomic E-state index is 12.5. The van der Waals surface area contributed by atoms with E-state index < -0.39 is 27.6 Å². The van der Waals surface area contributed by atoms with Gasteiger partial charge in [0.1, 0.15) is 0 Å². The molecule has 4 nitrogen and oxygen atoms in total. The molecule has 0 saturated heterocycles. The van der Waals surface area contributed by atoms with Crippen LogP contribution in [0.4, 0.5) is 13.2 Å². The number of hydrogen-bond donors (Lipinski definition) is 0. The number of hydrogen-bond acceptors (Lipinski definition) is 4. The van der Waals surface area contributed by atoms with Gasteiger partial charge >= 0.3 is 15.6 Å². The molecule has 0 aliphatic carbocycles. The van der Waals surface area contributed by atoms with E-state index >= 15 is 0 Å². The number of halogens is 3. The molecule has 132 valence electrons. The molecule has 0 aromatic heterocycles. The Morgan fingerprint density at radius 3 is 2.50 bits per heavy atom. The Hall–Kier alpha value is -2.09. The van der Waals surface area contributed by atoms with Gasteiger partial charge in [-0.2, -0.15) is 21.6 Å². The van der Waals surface area contributed by atoms with Crippen molar-refractivity contribution in [3.05, 3.63) is 54.6 Å². The van der Waals surface area contributed by atoms with Crippen LogP contribution in [0.3, 0.4) is 0 Å². The fraction of sp³-hybridized carbons (Fsp3) is 0.312. The monoisotopic (exact) mass is 361 g/mol. The average Bonchev–Trinajstić information content (AvgIpc) is 2.50. The summed E-state index contributed by atoms with van der Waals surface area (Å²) in [7, 11) is -5.77. The van der Waals surface area contributed by atoms with E-state index in [2.05, 4.69) is 15.8 Å². The molecule has 24 heavy (non-hydrogen) atoms. The average molecular weight is 361 g/mol. The van der Waals surface area contributed by atoms with E-state index in [0.717, 1.165) is 6.08 Å². The van der Waals surface area contributed by atoms with Gasteiger partial charge < -0.3 is 4.18 Å². The molecular weight excluding hydrogens is 343 g/mol. The Morgan fingerprint density at radius 2 is 1.96 bits per heavy atom. The second kappa shape index (κ2) is 8.68. The first-order chi connectivity index (χ1) is 11.2. The maximum Gasteiger partial charge on any atom is 0.534 e. The molecular formula is C16H18F3NO3S. The van der Waals surface area contributed by atoms with Crippen LogP contribution in [0.25, 0.3) is 6.08 Å². The number of alkyl halides is 3. The molecule has 0 N–H and O–H groups in total. The molecule has 1 unspecified atom stereocenters. The molecule has 0 radical (unpaired) electrons. The zero-order chi connectivity index (χ0) is 18.2. The van der Waals surface area contributed by atoms with E-state index in [0.29, 0.717) is 18.4 Å². The van der Waals surface area contributed by atoms with Crippen molar-refractivity contribution in [3.63, 3.8) is 0 Å². The van der Waals surface area contributed by atoms with E-state index in [1.165, 1.54) is 6.08 Å². The van der Waals surface area contributed by atoms with Gasteiger partial charge in [0, 0.05) is 6.08 Å². The summed E-state index contributed by atoms with van der Waals surface area (Å²) in [5.74, 6) is -0.618. The molecule has 1 atom stereocenters. The lowest BCUT2D eigenvalue weighted by Crippen LogP contribution is -2.28. The smallest absolute Gasteiger partial charge is 0.356 e. The maximum absolute atomic E-state index is 12.5. The minimum absolute atomic E-state index is 0.429. The van der Waals surface area contributed by atoms with Crippen molar-refractivity contribution >= 4 is 22.1 Å². The Kier molecular flexibility index (Phi) is 7.21. The summed E-state index contributed by atoms with van der Waals surface area (Å²) in [5, 5.41) is 0. The van der Waals surface area contributed by atoms with Crippen molar-refractivity contribution in [3.8, 4) is 0 Å². The van der Waals surface area contributed by atoms with Crippen molar-refractivity contribution in [1.82, 2.24) is 0 Å². The fourth-order valence-corrected chi connectivity index (χ4v) is 2.04. The van der Waals surface area contributed by atoms with Gasteiger partial charge in [0.2, 0.25) is 5.90 Å². The number of aliphatic imine (C=N–C) groups is 1. The third kappa shape index (κ3) is 6.57. The molecule has 1 aromatic carbocycles. The summed E-state index contributed by atoms with van der Waals surface area (Å²) in [4.78, 5) is 3.91. The van der Waals surface area contributed by atoms with Gasteiger partial charge in [-0.3, -0.25) is 0 Å². The summed E-state index contributed by atoms with van der Waals surface area (Å²) >= 11 is 0. The summed E-state index contributed by atoms with van der Waals surface area (Å²) in [5.41, 5.74) is -4.85. The minimum atomic E-state index is -5.77. The number of allylic oxidation sites excluding steroid dienone is 1. The second-order valence-corrected chi connectivity index (χ2v) is 6.45. The lowest BCUT2D eigenvalue weighted by atomic mass is 10.2. The summed E-state index contributed by atoms with van der Waals surface area (Å²) < 4.78 is 64.0. The third-order valence-electron chi connectivity index (χ3n) is 2.83. The van der Waals surface area contributed by atoms with Crippen molar-refractivity contribution in [1.29, 1.82) is 0 Å². The van der Waals surface area contributed by atoms with Gasteiger partial charge in [0.05, 0.1) is 6.04 Å². The first-order valence-corrected chi connectivity index (χ1v) is 8.49. The second-order valence-electron chi connectivity index (χ2n) is 4.91. The van der Waals surface area contributed by atoms with Crippen LogP contribution in [0.1, 0.15) is 25.3 Å². The predicted octanol–water partition coefficient (Wildman–Crippen LogP) is 4.32. The van der Waals surface area contributed by atoms with Crippen LogP contribution < -0.4 is 0 Å². The van der Waals surface area contributed by atoms with Crippen LogP contribution in [0.15, 0.2) is 54.1 Å².